The summed E-state index contributed by atoms with van der Waals surface area (Å²) >= 11 is 1.66. The molecule has 162 valence electrons. The van der Waals surface area contributed by atoms with E-state index in [0.29, 0.717) is 11.3 Å². The zero-order chi connectivity index (χ0) is 21.7. The van der Waals surface area contributed by atoms with Gasteiger partial charge in [-0.3, -0.25) is 0 Å². The van der Waals surface area contributed by atoms with Crippen molar-refractivity contribution in [2.24, 2.45) is 38.0 Å². The maximum absolute atomic E-state index is 7.04. The van der Waals surface area contributed by atoms with E-state index in [1.165, 1.54) is 24.0 Å². The molecule has 0 bridgehead atoms. The number of rotatable bonds is 3. The Morgan fingerprint density at radius 3 is 2.30 bits per heavy atom. The van der Waals surface area contributed by atoms with Crippen LogP contribution in [0.3, 0.4) is 0 Å². The largest absolute Gasteiger partial charge is 0.355 e. The van der Waals surface area contributed by atoms with Crippen LogP contribution in [0.4, 0.5) is 5.69 Å². The number of aliphatic imine (C=N–C) groups is 3. The number of fused-ring (bicyclic) bond motifs is 1. The molecule has 0 radical (unpaired) electrons. The van der Waals surface area contributed by atoms with Crippen LogP contribution in [-0.2, 0) is 0 Å². The Morgan fingerprint density at radius 2 is 1.70 bits per heavy atom. The molecule has 1 aliphatic carbocycles. The molecule has 2 aliphatic heterocycles. The fourth-order valence-corrected chi connectivity index (χ4v) is 6.18. The third-order valence-electron chi connectivity index (χ3n) is 6.98. The summed E-state index contributed by atoms with van der Waals surface area (Å²) < 4.78 is 0. The van der Waals surface area contributed by atoms with Crippen LogP contribution in [0.25, 0.3) is 0 Å². The molecule has 1 aromatic carbocycles. The third kappa shape index (κ3) is 3.96. The quantitative estimate of drug-likeness (QED) is 0.669. The summed E-state index contributed by atoms with van der Waals surface area (Å²) in [5.74, 6) is 1.83. The van der Waals surface area contributed by atoms with Crippen LogP contribution in [0.2, 0.25) is 0 Å². The molecule has 2 heterocycles. The molecule has 2 atom stereocenters. The van der Waals surface area contributed by atoms with E-state index in [1.807, 2.05) is 6.92 Å². The van der Waals surface area contributed by atoms with Crippen LogP contribution in [0.1, 0.15) is 64.5 Å². The van der Waals surface area contributed by atoms with Crippen LogP contribution < -0.4 is 11.1 Å². The van der Waals surface area contributed by atoms with Gasteiger partial charge < -0.3 is 11.1 Å². The van der Waals surface area contributed by atoms with Crippen LogP contribution in [0.15, 0.2) is 33.2 Å². The third-order valence-corrected chi connectivity index (χ3v) is 7.94. The Morgan fingerprint density at radius 1 is 1.07 bits per heavy atom. The maximum Gasteiger partial charge on any atom is 0.173 e. The highest BCUT2D eigenvalue weighted by atomic mass is 32.2. The first-order chi connectivity index (χ1) is 14.1. The van der Waals surface area contributed by atoms with Gasteiger partial charge in [-0.15, -0.1) is 0 Å². The fourth-order valence-electron chi connectivity index (χ4n) is 5.12. The van der Waals surface area contributed by atoms with E-state index in [1.54, 1.807) is 11.8 Å². The van der Waals surface area contributed by atoms with Crippen LogP contribution in [-0.4, -0.2) is 27.8 Å². The number of hydrogen-bond donors (Lipinski definition) is 2. The topological polar surface area (TPSA) is 75.1 Å². The molecule has 4 rings (SSSR count). The lowest BCUT2D eigenvalue weighted by molar-refractivity contribution is 0.131. The average molecular weight is 426 g/mol. The Bertz CT molecular complexity index is 898. The number of benzene rings is 1. The summed E-state index contributed by atoms with van der Waals surface area (Å²) in [5.41, 5.74) is 11.0. The molecule has 1 aromatic rings. The predicted molar refractivity (Wildman–Crippen MR) is 131 cm³/mol. The van der Waals surface area contributed by atoms with E-state index in [2.05, 4.69) is 58.1 Å². The number of aryl methyl sites for hydroxylation is 2. The van der Waals surface area contributed by atoms with Crippen LogP contribution in [0.5, 0.6) is 0 Å². The molecule has 2 unspecified atom stereocenters. The first kappa shape index (κ1) is 21.6. The molecule has 5 nitrogen and oxygen atoms in total. The first-order valence-corrected chi connectivity index (χ1v) is 12.0. The highest BCUT2D eigenvalue weighted by Gasteiger charge is 2.49. The lowest BCUT2D eigenvalue weighted by atomic mass is 9.67. The Kier molecular flexibility index (Phi) is 5.60. The Hall–Kier alpha value is -1.66. The van der Waals surface area contributed by atoms with Gasteiger partial charge in [0.15, 0.2) is 11.2 Å². The SMILES string of the molecule is CC1=NC(N)(C2CCC(C(C)(C)C)CC2)C2=NC(Nc3c(C)cccc3C)SC2=N1. The molecule has 0 spiro atoms. The molecular formula is C24H35N5S. The monoisotopic (exact) mass is 425 g/mol. The fraction of sp³-hybridized carbons (Fsp3) is 0.625. The van der Waals surface area contributed by atoms with Gasteiger partial charge in [0.1, 0.15) is 16.6 Å². The lowest BCUT2D eigenvalue weighted by Gasteiger charge is -2.43. The number of thioether (sulfide) groups is 1. The number of hydrogen-bond acceptors (Lipinski definition) is 6. The van der Waals surface area contributed by atoms with Crippen molar-refractivity contribution in [3.63, 3.8) is 0 Å². The summed E-state index contributed by atoms with van der Waals surface area (Å²) in [6.07, 6.45) is 4.61. The normalized spacial score (nSPS) is 31.6. The van der Waals surface area contributed by atoms with E-state index < -0.39 is 5.66 Å². The summed E-state index contributed by atoms with van der Waals surface area (Å²) in [7, 11) is 0. The van der Waals surface area contributed by atoms with Gasteiger partial charge in [0, 0.05) is 11.6 Å². The standard InChI is InChI=1S/C24H35N5S/c1-14-8-7-9-15(2)19(14)27-22-28-20-21(30-22)26-16(3)29-24(20,25)18-12-10-17(11-13-18)23(4,5)6/h7-9,17-18,22,27H,10-13,25H2,1-6H3. The molecule has 0 aromatic heterocycles. The molecule has 3 aliphatic rings. The molecule has 0 amide bonds. The van der Waals surface area contributed by atoms with Crippen LogP contribution >= 0.6 is 11.8 Å². The van der Waals surface area contributed by atoms with Gasteiger partial charge in [-0.1, -0.05) is 50.7 Å². The van der Waals surface area contributed by atoms with E-state index >= 15 is 0 Å². The number of nitrogens with one attached hydrogen (secondary N) is 1. The van der Waals surface area contributed by atoms with E-state index in [4.69, 9.17) is 20.7 Å². The summed E-state index contributed by atoms with van der Waals surface area (Å²) in [6.45, 7) is 13.3. The van der Waals surface area contributed by atoms with Crippen molar-refractivity contribution in [3.8, 4) is 0 Å². The second-order valence-corrected chi connectivity index (χ2v) is 11.2. The van der Waals surface area contributed by atoms with Gasteiger partial charge in [-0.2, -0.15) is 0 Å². The van der Waals surface area contributed by atoms with Crippen molar-refractivity contribution in [1.82, 2.24) is 0 Å². The smallest absolute Gasteiger partial charge is 0.173 e. The minimum absolute atomic E-state index is 0.117. The van der Waals surface area contributed by atoms with Gasteiger partial charge in [0.05, 0.1) is 0 Å². The van der Waals surface area contributed by atoms with Crippen molar-refractivity contribution < 1.29 is 0 Å². The van der Waals surface area contributed by atoms with Crippen molar-refractivity contribution in [1.29, 1.82) is 0 Å². The van der Waals surface area contributed by atoms with E-state index in [0.717, 1.165) is 41.0 Å². The molecule has 1 saturated carbocycles. The number of para-hydroxylation sites is 1. The number of nitrogens with zero attached hydrogens (tertiary/aromatic N) is 3. The van der Waals surface area contributed by atoms with Crippen molar-refractivity contribution in [3.05, 3.63) is 29.3 Å². The zero-order valence-electron chi connectivity index (χ0n) is 19.1. The van der Waals surface area contributed by atoms with Gasteiger partial charge >= 0.3 is 0 Å². The summed E-state index contributed by atoms with van der Waals surface area (Å²) in [6, 6.07) is 6.34. The molecule has 0 saturated heterocycles. The second kappa shape index (κ2) is 7.79. The summed E-state index contributed by atoms with van der Waals surface area (Å²) in [5, 5.41) is 4.54. The zero-order valence-corrected chi connectivity index (χ0v) is 19.9. The lowest BCUT2D eigenvalue weighted by Crippen LogP contribution is -2.57. The van der Waals surface area contributed by atoms with Crippen molar-refractivity contribution in [2.45, 2.75) is 78.4 Å². The molecule has 1 fully saturated rings. The van der Waals surface area contributed by atoms with Gasteiger partial charge in [0.25, 0.3) is 0 Å². The van der Waals surface area contributed by atoms with Gasteiger partial charge in [0.2, 0.25) is 0 Å². The Labute approximate surface area is 185 Å². The van der Waals surface area contributed by atoms with Crippen LogP contribution in [0, 0.1) is 31.1 Å². The van der Waals surface area contributed by atoms with Crippen molar-refractivity contribution in [2.75, 3.05) is 5.32 Å². The summed E-state index contributed by atoms with van der Waals surface area (Å²) in [4.78, 5) is 14.6. The number of nitrogens with two attached hydrogens (primary N) is 1. The first-order valence-electron chi connectivity index (χ1n) is 11.1. The average Bonchev–Trinajstić information content (AvgIpc) is 3.07. The van der Waals surface area contributed by atoms with E-state index in [9.17, 15) is 0 Å². The molecule has 6 heteroatoms. The maximum atomic E-state index is 7.04. The molecule has 30 heavy (non-hydrogen) atoms. The predicted octanol–water partition coefficient (Wildman–Crippen LogP) is 5.52. The molecular weight excluding hydrogens is 390 g/mol. The minimum Gasteiger partial charge on any atom is -0.355 e. The van der Waals surface area contributed by atoms with Gasteiger partial charge in [-0.05, 0) is 68.9 Å². The van der Waals surface area contributed by atoms with Gasteiger partial charge in [-0.25, -0.2) is 15.0 Å². The number of anilines is 1. The molecule has 3 N–H and O–H groups in total. The second-order valence-electron chi connectivity index (χ2n) is 10.2. The minimum atomic E-state index is -0.756. The highest BCUT2D eigenvalue weighted by Crippen LogP contribution is 2.45. The Balaban J connectivity index is 1.58. The highest BCUT2D eigenvalue weighted by molar-refractivity contribution is 8.16. The van der Waals surface area contributed by atoms with E-state index in [-0.39, 0.29) is 5.50 Å². The van der Waals surface area contributed by atoms with Crippen molar-refractivity contribution >= 4 is 34.0 Å². The number of amidine groups is 1.